The van der Waals surface area contributed by atoms with E-state index in [1.165, 1.54) is 97.8 Å². The van der Waals surface area contributed by atoms with E-state index >= 15 is 0 Å². The number of likely N-dealkylation sites (tertiary alicyclic amines) is 1. The molecule has 0 bridgehead atoms. The van der Waals surface area contributed by atoms with Gasteiger partial charge < -0.3 is 77.5 Å². The summed E-state index contributed by atoms with van der Waals surface area (Å²) >= 11 is 41.3. The fraction of sp³-hybridized carbons (Fsp3) is 0.256. The van der Waals surface area contributed by atoms with Gasteiger partial charge >= 0.3 is 23.9 Å². The number of fused-ring (bicyclic) bond motifs is 4. The van der Waals surface area contributed by atoms with Crippen molar-refractivity contribution in [2.75, 3.05) is 84.2 Å². The summed E-state index contributed by atoms with van der Waals surface area (Å²) in [5, 5.41) is 13.1. The molecule has 3 amide bonds. The molecule has 1 saturated heterocycles. The fourth-order valence-electron chi connectivity index (χ4n) is 11.3. The number of nitrogens with one attached hydrogen (secondary N) is 1. The lowest BCUT2D eigenvalue weighted by Crippen LogP contribution is -2.36. The number of aromatic nitrogens is 2. The molecule has 5 heterocycles. The summed E-state index contributed by atoms with van der Waals surface area (Å²) in [5.41, 5.74) is 28.4. The SMILES string of the molecule is BrBr.C/C=C(C(=O)OC)\C(N)=C\F.CC(=O)N1CCC(=O)CC1.COC(=O)c1cc(Br)cc(F)c1N.ClC(Cl)Cl.[2H]C([2H])(N)c1ccc(OC)c(Cl)c1.[2H]C([2H])(Nc1c2c(nc3c(F)cc([N+]#[C-])cc13)CCN(C(C)=O)C2)c1ccc(OC)c(Cl)c1.[B][B].[C-]#[N+]c1cc(F)c(N)c(C(=O)O)c1.[C-]#[N+]c1cc(F)c(N)c(C(=O)OC)c1.[C-]#[N+]c1cc(F)c2nc3c(c(Cl)c2c1)CN(C(C)=O)CC3. The molecule has 3 aliphatic rings. The number of ether oxygens (including phenoxy) is 5. The average molecular weight is 2140 g/mol. The minimum absolute atomic E-state index is 0.0112. The first-order valence-corrected chi connectivity index (χ1v) is 43.9. The van der Waals surface area contributed by atoms with Gasteiger partial charge in [0.2, 0.25) is 17.7 Å². The molecule has 0 aliphatic carbocycles. The smallest absolute Gasteiger partial charge is 0.340 e. The Kier molecular flexibility index (Phi) is 48.6. The first-order valence-electron chi connectivity index (χ1n) is 38.9. The monoisotopic (exact) mass is 2140 g/mol. The van der Waals surface area contributed by atoms with Gasteiger partial charge in [0.05, 0.1) is 130 Å². The quantitative estimate of drug-likeness (QED) is 0.00728. The summed E-state index contributed by atoms with van der Waals surface area (Å²) < 4.78 is 134. The molecule has 0 unspecified atom stereocenters. The number of carbonyl (C=O) groups excluding carboxylic acids is 7. The lowest BCUT2D eigenvalue weighted by molar-refractivity contribution is -0.136. The van der Waals surface area contributed by atoms with Crippen molar-refractivity contribution in [3.63, 3.8) is 0 Å². The number of carbonyl (C=O) groups is 8. The predicted molar refractivity (Wildman–Crippen MR) is 510 cm³/mol. The first-order chi connectivity index (χ1) is 63.9. The number of ketones is 1. The number of allylic oxidation sites excluding steroid dienone is 1. The van der Waals surface area contributed by atoms with E-state index in [4.69, 9.17) is 145 Å². The third kappa shape index (κ3) is 35.1. The number of piperidine rings is 1. The predicted octanol–water partition coefficient (Wildman–Crippen LogP) is 19.7. The van der Waals surface area contributed by atoms with Gasteiger partial charge in [-0.05, 0) is 103 Å². The molecular weight excluding hydrogens is 2060 g/mol. The molecule has 7 aromatic carbocycles. The zero-order valence-corrected chi connectivity index (χ0v) is 80.3. The van der Waals surface area contributed by atoms with Crippen molar-refractivity contribution in [3.8, 4) is 11.5 Å². The Bertz CT molecular complexity index is 6120. The van der Waals surface area contributed by atoms with Crippen LogP contribution in [0.4, 0.5) is 71.8 Å². The van der Waals surface area contributed by atoms with Crippen molar-refractivity contribution >= 4 is 244 Å². The number of carboxylic acids is 1. The van der Waals surface area contributed by atoms with Crippen molar-refractivity contribution in [2.24, 2.45) is 11.5 Å². The van der Waals surface area contributed by atoms with E-state index in [1.54, 1.807) is 45.9 Å². The molecular formula is C86H82B2Br3Cl6F6N15O14. The number of Topliss-reactive ketones (excluding diaryl/α,β-unsaturated/α-hetero) is 1. The van der Waals surface area contributed by atoms with Crippen molar-refractivity contribution in [2.45, 2.75) is 83.8 Å². The summed E-state index contributed by atoms with van der Waals surface area (Å²) in [6.07, 6.45) is 3.58. The first kappa shape index (κ1) is 109. The lowest BCUT2D eigenvalue weighted by Gasteiger charge is -2.30. The van der Waals surface area contributed by atoms with Gasteiger partial charge in [0.15, 0.2) is 27.0 Å². The van der Waals surface area contributed by atoms with E-state index in [1.807, 2.05) is 0 Å². The van der Waals surface area contributed by atoms with Crippen LogP contribution in [0, 0.1) is 55.4 Å². The summed E-state index contributed by atoms with van der Waals surface area (Å²) in [4.78, 5) is 115. The van der Waals surface area contributed by atoms with Crippen LogP contribution in [-0.2, 0) is 77.1 Å². The molecule has 0 saturated carbocycles. The van der Waals surface area contributed by atoms with E-state index < -0.39 is 75.9 Å². The number of alkyl halides is 3. The number of anilines is 4. The minimum Gasteiger partial charge on any atom is -0.495 e. The van der Waals surface area contributed by atoms with Crippen LogP contribution in [0.15, 0.2) is 125 Å². The third-order valence-electron chi connectivity index (χ3n) is 17.8. The number of amides is 3. The third-order valence-corrected chi connectivity index (χ3v) is 19.2. The maximum absolute atomic E-state index is 14.9. The summed E-state index contributed by atoms with van der Waals surface area (Å²) in [5.74, 6) is -5.81. The molecule has 3 aliphatic heterocycles. The maximum atomic E-state index is 14.9. The zero-order valence-electron chi connectivity index (χ0n) is 75.0. The normalized spacial score (nSPS) is 12.5. The van der Waals surface area contributed by atoms with Crippen LogP contribution in [0.3, 0.4) is 0 Å². The van der Waals surface area contributed by atoms with Gasteiger partial charge in [0.25, 0.3) is 0 Å². The lowest BCUT2D eigenvalue weighted by atomic mass is 9.81. The second-order valence-electron chi connectivity index (χ2n) is 25.8. The van der Waals surface area contributed by atoms with Crippen LogP contribution in [-0.4, -0.2) is 159 Å². The largest absolute Gasteiger partial charge is 0.495 e. The van der Waals surface area contributed by atoms with Crippen molar-refractivity contribution < 1.29 is 99.0 Å². The highest BCUT2D eigenvalue weighted by Gasteiger charge is 2.28. The van der Waals surface area contributed by atoms with E-state index in [2.05, 4.69) is 109 Å². The van der Waals surface area contributed by atoms with Gasteiger partial charge in [-0.15, -0.1) is 0 Å². The zero-order chi connectivity index (χ0) is 104. The van der Waals surface area contributed by atoms with E-state index in [0.29, 0.717) is 112 Å². The van der Waals surface area contributed by atoms with Gasteiger partial charge in [-0.3, -0.25) is 19.2 Å². The number of hydrogen-bond acceptors (Lipinski definition) is 21. The Morgan fingerprint density at radius 2 is 0.962 bits per heavy atom. The van der Waals surface area contributed by atoms with Crippen LogP contribution >= 0.6 is 114 Å². The number of benzene rings is 7. The van der Waals surface area contributed by atoms with E-state index in [9.17, 15) is 64.7 Å². The van der Waals surface area contributed by atoms with Gasteiger partial charge in [0, 0.05) is 183 Å². The Labute approximate surface area is 818 Å². The van der Waals surface area contributed by atoms with Gasteiger partial charge in [0.1, 0.15) is 63.7 Å². The molecule has 12 N–H and O–H groups in total. The molecule has 132 heavy (non-hydrogen) atoms. The Morgan fingerprint density at radius 1 is 0.583 bits per heavy atom. The van der Waals surface area contributed by atoms with Crippen molar-refractivity contribution in [1.29, 1.82) is 0 Å². The van der Waals surface area contributed by atoms with E-state index in [0.717, 1.165) is 48.7 Å². The van der Waals surface area contributed by atoms with Crippen LogP contribution < -0.4 is 43.5 Å². The molecule has 29 nitrogen and oxygen atoms in total. The van der Waals surface area contributed by atoms with Crippen molar-refractivity contribution in [3.05, 3.63) is 265 Å². The number of nitrogens with two attached hydrogens (primary N) is 5. The van der Waals surface area contributed by atoms with E-state index in [-0.39, 0.29) is 125 Å². The fourth-order valence-corrected chi connectivity index (χ4v) is 12.5. The molecule has 9 aromatic rings. The number of nitrogens with zero attached hydrogens (tertiary/aromatic N) is 9. The molecule has 46 heteroatoms. The van der Waals surface area contributed by atoms with Gasteiger partial charge in [-0.25, -0.2) is 74.9 Å². The number of nitrogen functional groups attached to an aromatic ring is 3. The number of halogens is 15. The Hall–Kier alpha value is -11.8. The molecule has 696 valence electrons. The molecule has 0 spiro atoms. The highest BCUT2D eigenvalue weighted by Crippen LogP contribution is 2.39. The Morgan fingerprint density at radius 3 is 1.36 bits per heavy atom. The number of hydrogen-bond donors (Lipinski definition) is 7. The second-order valence-corrected chi connectivity index (χ2v) is 29.9. The van der Waals surface area contributed by atoms with Crippen LogP contribution in [0.2, 0.25) is 15.1 Å². The van der Waals surface area contributed by atoms with Crippen LogP contribution in [0.1, 0.15) is 111 Å². The molecule has 4 radical (unpaired) electrons. The Balaban J connectivity index is 0.000000538. The van der Waals surface area contributed by atoms with Crippen molar-refractivity contribution in [1.82, 2.24) is 24.7 Å². The number of aromatic carboxylic acids is 1. The molecule has 12 rings (SSSR count). The average Bonchev–Trinajstić information content (AvgIpc) is 0.747. The molecule has 1 fully saturated rings. The highest BCUT2D eigenvalue weighted by molar-refractivity contribution is 9.93. The summed E-state index contributed by atoms with van der Waals surface area (Å²) in [7, 11) is 14.5. The number of esters is 3. The number of pyridine rings is 2. The standard InChI is InChI=1S/C23H20ClFN4O2.C15H11ClFN3O.C9H7FN2O2.C8H7BrFNO2.C8H10ClNO.C8H5FN2O2.C7H10FNO2.C7H11NO2.CHCl3.B2.Br2/c1-13(30)29-7-6-20-17(12-29)22(16-9-15(26-2)10-19(25)23(16)28-20)27-11-14-4-5-21(31-3)18(24)8-14;1-8(21)20-4-3-13-11(7-20)14(16)10-5-9(18-2)6-12(17)15(10)19-13;1-12-5-3-6(9(13)14-2)8(11)7(10)4-5;1-13-8(12)5-2-4(9)3-6(10)7(5)11;1-11-8-3-2-6(5-10)4-7(8)9;1-11-4-2-5(8(12)13)7(10)6(9)3-4;1-3-5(6(9)4-8)7(10)11-2;1-6(9)8-4-2-7(10)3-5-8;2-1(3)4;2*1-2/h4-5,8-10H,6-7,11-12H2,1,3H3,(H,27,28);5-6H,3-4,7H2,1H3;3-4H,11H2,2H3;2-3H,11H2,1H3;2-4H,5,10H2,1H3;2-3H,10H2,(H,12,13);3-4H,9H2,1-2H3;2-5H2,1H3;1H;;/b;;;;;;5-3+,6-4-;;;;/i11D2;;;;5D2;;;;;;. The summed E-state index contributed by atoms with van der Waals surface area (Å²) in [6, 6.07) is 21.1. The molecule has 2 aromatic heterocycles. The highest BCUT2D eigenvalue weighted by atomic mass is 80.9. The number of methoxy groups -OCH3 is 5. The summed E-state index contributed by atoms with van der Waals surface area (Å²) in [6.45, 7) is 32.4. The number of carboxylic acid groups (broad SMARTS) is 1. The maximum Gasteiger partial charge on any atom is 0.340 e. The second kappa shape index (κ2) is 58.9. The van der Waals surface area contributed by atoms with Crippen LogP contribution in [0.5, 0.6) is 11.5 Å². The van der Waals surface area contributed by atoms with Gasteiger partial charge in [-0.1, -0.05) is 104 Å². The minimum atomic E-state index is -2.12. The van der Waals surface area contributed by atoms with Crippen LogP contribution in [0.25, 0.3) is 41.2 Å². The topological polar surface area (TPSA) is 398 Å². The number of rotatable bonds is 11. The van der Waals surface area contributed by atoms with Gasteiger partial charge in [-0.2, -0.15) is 0 Å². The molecule has 0 atom stereocenters.